The zero-order chi connectivity index (χ0) is 5.11. The lowest BCUT2D eigenvalue weighted by Crippen LogP contribution is -1.92. The van der Waals surface area contributed by atoms with Gasteiger partial charge in [-0.3, -0.25) is 0 Å². The van der Waals surface area contributed by atoms with Gasteiger partial charge in [0.1, 0.15) is 0 Å². The molecule has 2 heteroatoms. The van der Waals surface area contributed by atoms with E-state index in [1.807, 2.05) is 24.6 Å². The maximum absolute atomic E-state index is 3.05. The van der Waals surface area contributed by atoms with Crippen LogP contribution in [-0.4, -0.2) is 0 Å². The lowest BCUT2D eigenvalue weighted by molar-refractivity contribution is 1.18. The minimum atomic E-state index is 1.22. The molecule has 0 atom stereocenters. The molecular weight excluding hydrogens is 106 g/mol. The van der Waals surface area contributed by atoms with Crippen LogP contribution in [0.3, 0.4) is 0 Å². The Hall–Kier alpha value is -0.370. The standard InChI is InChI=1S/C5H7NS/c1-2-5-6-3-4-7-5/h2-4,6H,1H3. The molecular formula is C5H7NS. The molecule has 0 spiro atoms. The van der Waals surface area contributed by atoms with Crippen molar-refractivity contribution in [2.45, 2.75) is 6.92 Å². The van der Waals surface area contributed by atoms with Gasteiger partial charge in [-0.25, -0.2) is 0 Å². The van der Waals surface area contributed by atoms with Gasteiger partial charge >= 0.3 is 0 Å². The van der Waals surface area contributed by atoms with E-state index in [2.05, 4.69) is 5.32 Å². The average molecular weight is 113 g/mol. The summed E-state index contributed by atoms with van der Waals surface area (Å²) in [6.07, 6.45) is 3.98. The van der Waals surface area contributed by atoms with Gasteiger partial charge in [0.25, 0.3) is 0 Å². The molecule has 0 bridgehead atoms. The maximum Gasteiger partial charge on any atom is 0.0720 e. The van der Waals surface area contributed by atoms with Crippen LogP contribution < -0.4 is 5.32 Å². The topological polar surface area (TPSA) is 12.0 Å². The average Bonchev–Trinajstić information content (AvgIpc) is 2.14. The van der Waals surface area contributed by atoms with E-state index < -0.39 is 0 Å². The van der Waals surface area contributed by atoms with Crippen molar-refractivity contribution in [3.05, 3.63) is 22.7 Å². The minimum Gasteiger partial charge on any atom is -0.356 e. The van der Waals surface area contributed by atoms with E-state index in [1.165, 1.54) is 5.03 Å². The van der Waals surface area contributed by atoms with E-state index >= 15 is 0 Å². The largest absolute Gasteiger partial charge is 0.356 e. The molecule has 7 heavy (non-hydrogen) atoms. The van der Waals surface area contributed by atoms with Crippen molar-refractivity contribution in [2.75, 3.05) is 0 Å². The first-order valence-corrected chi connectivity index (χ1v) is 3.06. The third kappa shape index (κ3) is 0.996. The van der Waals surface area contributed by atoms with Crippen LogP contribution in [0.2, 0.25) is 0 Å². The third-order valence-corrected chi connectivity index (χ3v) is 1.63. The number of hydrogen-bond acceptors (Lipinski definition) is 2. The van der Waals surface area contributed by atoms with Crippen molar-refractivity contribution in [1.29, 1.82) is 0 Å². The van der Waals surface area contributed by atoms with Gasteiger partial charge in [-0.05, 0) is 12.3 Å². The summed E-state index contributed by atoms with van der Waals surface area (Å²) in [5.74, 6) is 0. The summed E-state index contributed by atoms with van der Waals surface area (Å²) >= 11 is 1.71. The molecule has 0 saturated heterocycles. The summed E-state index contributed by atoms with van der Waals surface area (Å²) < 4.78 is 0. The van der Waals surface area contributed by atoms with Gasteiger partial charge in [0, 0.05) is 6.20 Å². The highest BCUT2D eigenvalue weighted by Crippen LogP contribution is 2.17. The molecule has 1 aliphatic rings. The van der Waals surface area contributed by atoms with Crippen molar-refractivity contribution in [2.24, 2.45) is 0 Å². The molecule has 1 N–H and O–H groups in total. The van der Waals surface area contributed by atoms with Gasteiger partial charge in [-0.2, -0.15) is 0 Å². The quantitative estimate of drug-likeness (QED) is 0.512. The number of nitrogens with one attached hydrogen (secondary N) is 1. The van der Waals surface area contributed by atoms with Crippen LogP contribution in [0.4, 0.5) is 0 Å². The number of allylic oxidation sites excluding steroid dienone is 1. The Balaban J connectivity index is 2.51. The molecule has 0 aliphatic carbocycles. The molecule has 0 fully saturated rings. The Morgan fingerprint density at radius 1 is 1.86 bits per heavy atom. The fraction of sp³-hybridized carbons (Fsp3) is 0.200. The van der Waals surface area contributed by atoms with E-state index in [1.54, 1.807) is 11.8 Å². The Morgan fingerprint density at radius 2 is 2.71 bits per heavy atom. The predicted molar refractivity (Wildman–Crippen MR) is 33.6 cm³/mol. The second-order valence-electron chi connectivity index (χ2n) is 1.22. The van der Waals surface area contributed by atoms with Crippen molar-refractivity contribution >= 4 is 11.8 Å². The summed E-state index contributed by atoms with van der Waals surface area (Å²) in [4.78, 5) is 0. The second-order valence-corrected chi connectivity index (χ2v) is 2.17. The molecule has 0 saturated carbocycles. The molecule has 0 aromatic rings. The Morgan fingerprint density at radius 3 is 3.00 bits per heavy atom. The van der Waals surface area contributed by atoms with Crippen LogP contribution in [0.25, 0.3) is 0 Å². The van der Waals surface area contributed by atoms with Crippen LogP contribution in [0, 0.1) is 0 Å². The van der Waals surface area contributed by atoms with Crippen LogP contribution in [0.5, 0.6) is 0 Å². The number of thioether (sulfide) groups is 1. The van der Waals surface area contributed by atoms with Crippen molar-refractivity contribution in [3.8, 4) is 0 Å². The highest BCUT2D eigenvalue weighted by atomic mass is 32.2. The molecule has 0 aromatic heterocycles. The van der Waals surface area contributed by atoms with Crippen LogP contribution >= 0.6 is 11.8 Å². The lowest BCUT2D eigenvalue weighted by Gasteiger charge is -1.89. The predicted octanol–water partition coefficient (Wildman–Crippen LogP) is 1.66. The van der Waals surface area contributed by atoms with Gasteiger partial charge in [0.2, 0.25) is 0 Å². The van der Waals surface area contributed by atoms with Gasteiger partial charge in [0.15, 0.2) is 0 Å². The summed E-state index contributed by atoms with van der Waals surface area (Å²) in [7, 11) is 0. The third-order valence-electron chi connectivity index (χ3n) is 0.751. The zero-order valence-corrected chi connectivity index (χ0v) is 4.96. The Labute approximate surface area is 47.5 Å². The summed E-state index contributed by atoms with van der Waals surface area (Å²) in [6, 6.07) is 0. The first-order valence-electron chi connectivity index (χ1n) is 2.18. The fourth-order valence-corrected chi connectivity index (χ4v) is 0.964. The summed E-state index contributed by atoms with van der Waals surface area (Å²) in [6.45, 7) is 2.02. The van der Waals surface area contributed by atoms with E-state index in [0.717, 1.165) is 0 Å². The van der Waals surface area contributed by atoms with Gasteiger partial charge < -0.3 is 5.32 Å². The van der Waals surface area contributed by atoms with E-state index in [-0.39, 0.29) is 0 Å². The van der Waals surface area contributed by atoms with E-state index in [9.17, 15) is 0 Å². The summed E-state index contributed by atoms with van der Waals surface area (Å²) in [5.41, 5.74) is 0. The van der Waals surface area contributed by atoms with Crippen LogP contribution in [0.1, 0.15) is 6.92 Å². The Kier molecular flexibility index (Phi) is 1.42. The molecule has 0 unspecified atom stereocenters. The van der Waals surface area contributed by atoms with Crippen LogP contribution in [-0.2, 0) is 0 Å². The molecule has 1 heterocycles. The highest BCUT2D eigenvalue weighted by Gasteiger charge is 1.93. The zero-order valence-electron chi connectivity index (χ0n) is 4.14. The number of hydrogen-bond donors (Lipinski definition) is 1. The second kappa shape index (κ2) is 2.07. The molecule has 1 nitrogen and oxygen atoms in total. The molecule has 38 valence electrons. The molecule has 1 aliphatic heterocycles. The maximum atomic E-state index is 3.05. The summed E-state index contributed by atoms with van der Waals surface area (Å²) in [5, 5.41) is 6.30. The smallest absolute Gasteiger partial charge is 0.0720 e. The Bertz CT molecular complexity index is 105. The van der Waals surface area contributed by atoms with E-state index in [4.69, 9.17) is 0 Å². The lowest BCUT2D eigenvalue weighted by atomic mass is 10.7. The van der Waals surface area contributed by atoms with Crippen molar-refractivity contribution in [3.63, 3.8) is 0 Å². The van der Waals surface area contributed by atoms with Gasteiger partial charge in [-0.1, -0.05) is 17.8 Å². The molecule has 1 rings (SSSR count). The first kappa shape index (κ1) is 4.78. The highest BCUT2D eigenvalue weighted by molar-refractivity contribution is 8.06. The first-order chi connectivity index (χ1) is 3.43. The van der Waals surface area contributed by atoms with Crippen molar-refractivity contribution in [1.82, 2.24) is 5.32 Å². The monoisotopic (exact) mass is 113 g/mol. The molecule has 0 amide bonds. The van der Waals surface area contributed by atoms with Crippen molar-refractivity contribution < 1.29 is 0 Å². The molecule has 0 radical (unpaired) electrons. The van der Waals surface area contributed by atoms with Gasteiger partial charge in [0.05, 0.1) is 5.03 Å². The number of rotatable bonds is 0. The van der Waals surface area contributed by atoms with Gasteiger partial charge in [-0.15, -0.1) is 0 Å². The van der Waals surface area contributed by atoms with E-state index in [0.29, 0.717) is 0 Å². The molecule has 0 aromatic carbocycles. The minimum absolute atomic E-state index is 1.22. The van der Waals surface area contributed by atoms with Crippen LogP contribution in [0.15, 0.2) is 22.7 Å². The fourth-order valence-electron chi connectivity index (χ4n) is 0.409. The SMILES string of the molecule is CC=C1NC=CS1. The normalized spacial score (nSPS) is 23.3.